The fourth-order valence-corrected chi connectivity index (χ4v) is 1.84. The van der Waals surface area contributed by atoms with Crippen molar-refractivity contribution in [1.82, 2.24) is 0 Å². The molecule has 0 saturated carbocycles. The third-order valence-corrected chi connectivity index (χ3v) is 2.94. The van der Waals surface area contributed by atoms with Gasteiger partial charge in [-0.15, -0.1) is 0 Å². The highest BCUT2D eigenvalue weighted by molar-refractivity contribution is 5.86. The lowest BCUT2D eigenvalue weighted by Crippen LogP contribution is -2.15. The van der Waals surface area contributed by atoms with E-state index in [1.807, 2.05) is 32.0 Å². The van der Waals surface area contributed by atoms with Crippen molar-refractivity contribution in [1.29, 1.82) is 0 Å². The van der Waals surface area contributed by atoms with E-state index >= 15 is 0 Å². The second-order valence-electron chi connectivity index (χ2n) is 4.59. The van der Waals surface area contributed by atoms with Crippen molar-refractivity contribution in [3.63, 3.8) is 0 Å². The Morgan fingerprint density at radius 1 is 1.17 bits per heavy atom. The number of para-hydroxylation sites is 1. The molecule has 0 heterocycles. The average molecular weight is 249 g/mol. The Labute approximate surface area is 110 Å². The van der Waals surface area contributed by atoms with Gasteiger partial charge in [-0.1, -0.05) is 44.4 Å². The summed E-state index contributed by atoms with van der Waals surface area (Å²) in [6.07, 6.45) is 4.08. The van der Waals surface area contributed by atoms with Crippen molar-refractivity contribution < 1.29 is 9.53 Å². The van der Waals surface area contributed by atoms with E-state index in [4.69, 9.17) is 4.74 Å². The molecule has 0 aliphatic rings. The Morgan fingerprint density at radius 3 is 2.44 bits per heavy atom. The number of hydrogen-bond donors (Lipinski definition) is 1. The zero-order chi connectivity index (χ0) is 13.4. The highest BCUT2D eigenvalue weighted by atomic mass is 16.5. The molecule has 0 aliphatic carbocycles. The highest BCUT2D eigenvalue weighted by Crippen LogP contribution is 2.19. The van der Waals surface area contributed by atoms with Gasteiger partial charge in [-0.3, -0.25) is 5.32 Å². The zero-order valence-electron chi connectivity index (χ0n) is 11.6. The number of unbranched alkanes of at least 4 members (excludes halogenated alkanes) is 3. The van der Waals surface area contributed by atoms with Crippen LogP contribution in [0.1, 0.15) is 43.7 Å². The van der Waals surface area contributed by atoms with Gasteiger partial charge in [0.05, 0.1) is 6.61 Å². The largest absolute Gasteiger partial charge is 0.449 e. The Hall–Kier alpha value is -1.51. The predicted molar refractivity (Wildman–Crippen MR) is 75.0 cm³/mol. The number of hydrogen-bond acceptors (Lipinski definition) is 2. The summed E-state index contributed by atoms with van der Waals surface area (Å²) >= 11 is 0. The van der Waals surface area contributed by atoms with Crippen LogP contribution in [0.2, 0.25) is 0 Å². The first-order valence-corrected chi connectivity index (χ1v) is 6.65. The number of aryl methyl sites for hydroxylation is 2. The summed E-state index contributed by atoms with van der Waals surface area (Å²) in [5.41, 5.74) is 2.96. The number of nitrogens with one attached hydrogen (secondary N) is 1. The fourth-order valence-electron chi connectivity index (χ4n) is 1.84. The smallest absolute Gasteiger partial charge is 0.411 e. The van der Waals surface area contributed by atoms with Crippen LogP contribution in [0.15, 0.2) is 18.2 Å². The zero-order valence-corrected chi connectivity index (χ0v) is 11.6. The molecule has 1 aromatic carbocycles. The molecule has 0 radical (unpaired) electrons. The lowest BCUT2D eigenvalue weighted by molar-refractivity contribution is 0.159. The number of carbonyl (C=O) groups is 1. The van der Waals surface area contributed by atoms with Gasteiger partial charge in [0.15, 0.2) is 0 Å². The van der Waals surface area contributed by atoms with Crippen molar-refractivity contribution in [3.05, 3.63) is 29.3 Å². The van der Waals surface area contributed by atoms with Gasteiger partial charge in [0.2, 0.25) is 0 Å². The Balaban J connectivity index is 2.36. The topological polar surface area (TPSA) is 38.3 Å². The van der Waals surface area contributed by atoms with Gasteiger partial charge in [-0.25, -0.2) is 4.79 Å². The van der Waals surface area contributed by atoms with E-state index in [-0.39, 0.29) is 6.09 Å². The molecule has 0 spiro atoms. The van der Waals surface area contributed by atoms with Gasteiger partial charge >= 0.3 is 6.09 Å². The van der Waals surface area contributed by atoms with Crippen LogP contribution in [0.25, 0.3) is 0 Å². The van der Waals surface area contributed by atoms with Crippen molar-refractivity contribution in [2.24, 2.45) is 0 Å². The minimum absolute atomic E-state index is 0.358. The molecule has 1 amide bonds. The van der Waals surface area contributed by atoms with E-state index in [2.05, 4.69) is 12.2 Å². The molecule has 18 heavy (non-hydrogen) atoms. The van der Waals surface area contributed by atoms with Crippen LogP contribution in [0.5, 0.6) is 0 Å². The van der Waals surface area contributed by atoms with E-state index in [0.717, 1.165) is 29.7 Å². The van der Waals surface area contributed by atoms with Crippen LogP contribution in [0.4, 0.5) is 10.5 Å². The second-order valence-corrected chi connectivity index (χ2v) is 4.59. The molecule has 0 fully saturated rings. The number of anilines is 1. The number of benzene rings is 1. The van der Waals surface area contributed by atoms with E-state index in [9.17, 15) is 4.79 Å². The first kappa shape index (κ1) is 14.6. The number of amides is 1. The van der Waals surface area contributed by atoms with Crippen LogP contribution in [0, 0.1) is 13.8 Å². The monoisotopic (exact) mass is 249 g/mol. The normalized spacial score (nSPS) is 10.2. The summed E-state index contributed by atoms with van der Waals surface area (Å²) in [5.74, 6) is 0. The third kappa shape index (κ3) is 4.78. The summed E-state index contributed by atoms with van der Waals surface area (Å²) in [5, 5.41) is 2.81. The maximum absolute atomic E-state index is 11.6. The van der Waals surface area contributed by atoms with Gasteiger partial charge in [0.25, 0.3) is 0 Å². The average Bonchev–Trinajstić information content (AvgIpc) is 2.34. The molecule has 3 heteroatoms. The van der Waals surface area contributed by atoms with Crippen LogP contribution >= 0.6 is 0 Å². The molecule has 1 aromatic rings. The lowest BCUT2D eigenvalue weighted by atomic mass is 10.1. The van der Waals surface area contributed by atoms with Gasteiger partial charge in [-0.2, -0.15) is 0 Å². The molecule has 100 valence electrons. The van der Waals surface area contributed by atoms with Gasteiger partial charge in [0, 0.05) is 5.69 Å². The third-order valence-electron chi connectivity index (χ3n) is 2.94. The van der Waals surface area contributed by atoms with Crippen molar-refractivity contribution in [2.45, 2.75) is 46.5 Å². The number of rotatable bonds is 6. The summed E-state index contributed by atoms with van der Waals surface area (Å²) < 4.78 is 5.15. The summed E-state index contributed by atoms with van der Waals surface area (Å²) in [6, 6.07) is 5.93. The molecule has 1 rings (SSSR count). The molecule has 0 aromatic heterocycles. The van der Waals surface area contributed by atoms with Gasteiger partial charge in [-0.05, 0) is 31.4 Å². The molecule has 0 saturated heterocycles. The van der Waals surface area contributed by atoms with Crippen molar-refractivity contribution >= 4 is 11.8 Å². The van der Waals surface area contributed by atoms with E-state index < -0.39 is 0 Å². The van der Waals surface area contributed by atoms with Gasteiger partial charge in [0.1, 0.15) is 0 Å². The minimum Gasteiger partial charge on any atom is -0.449 e. The van der Waals surface area contributed by atoms with Crippen LogP contribution in [0.3, 0.4) is 0 Å². The maximum Gasteiger partial charge on any atom is 0.411 e. The van der Waals surface area contributed by atoms with E-state index in [0.29, 0.717) is 6.61 Å². The van der Waals surface area contributed by atoms with E-state index in [1.165, 1.54) is 12.8 Å². The molecule has 0 unspecified atom stereocenters. The molecule has 0 aliphatic heterocycles. The van der Waals surface area contributed by atoms with Crippen LogP contribution in [-0.4, -0.2) is 12.7 Å². The molecule has 3 nitrogen and oxygen atoms in total. The molecule has 0 bridgehead atoms. The Bertz CT molecular complexity index is 368. The number of carbonyl (C=O) groups excluding carboxylic acids is 1. The first-order chi connectivity index (χ1) is 8.65. The lowest BCUT2D eigenvalue weighted by Gasteiger charge is -2.11. The summed E-state index contributed by atoms with van der Waals surface area (Å²) in [4.78, 5) is 11.6. The van der Waals surface area contributed by atoms with E-state index in [1.54, 1.807) is 0 Å². The summed E-state index contributed by atoms with van der Waals surface area (Å²) in [6.45, 7) is 6.61. The fraction of sp³-hybridized carbons (Fsp3) is 0.533. The Morgan fingerprint density at radius 2 is 1.83 bits per heavy atom. The highest BCUT2D eigenvalue weighted by Gasteiger charge is 2.07. The quantitative estimate of drug-likeness (QED) is 0.757. The molecular formula is C15H23NO2. The Kier molecular flexibility index (Phi) is 6.26. The standard InChI is InChI=1S/C15H23NO2/c1-4-5-6-7-11-18-15(17)16-14-12(2)9-8-10-13(14)3/h8-10H,4-7,11H2,1-3H3,(H,16,17). The van der Waals surface area contributed by atoms with Crippen LogP contribution < -0.4 is 5.32 Å². The molecule has 0 atom stereocenters. The predicted octanol–water partition coefficient (Wildman–Crippen LogP) is 4.43. The van der Waals surface area contributed by atoms with Crippen molar-refractivity contribution in [3.8, 4) is 0 Å². The van der Waals surface area contributed by atoms with Crippen molar-refractivity contribution in [2.75, 3.05) is 11.9 Å². The van der Waals surface area contributed by atoms with Gasteiger partial charge < -0.3 is 4.74 Å². The van der Waals surface area contributed by atoms with Crippen LogP contribution in [-0.2, 0) is 4.74 Å². The molecule has 1 N–H and O–H groups in total. The first-order valence-electron chi connectivity index (χ1n) is 6.65. The molecular weight excluding hydrogens is 226 g/mol. The summed E-state index contributed by atoms with van der Waals surface area (Å²) in [7, 11) is 0. The maximum atomic E-state index is 11.6. The SMILES string of the molecule is CCCCCCOC(=O)Nc1c(C)cccc1C. The second kappa shape index (κ2) is 7.75. The minimum atomic E-state index is -0.358. The number of ether oxygens (including phenoxy) is 1.